The van der Waals surface area contributed by atoms with Crippen LogP contribution in [0.2, 0.25) is 0 Å². The van der Waals surface area contributed by atoms with Gasteiger partial charge in [-0.25, -0.2) is 0 Å². The third-order valence-electron chi connectivity index (χ3n) is 4.96. The molecule has 0 aromatic heterocycles. The zero-order chi connectivity index (χ0) is 13.8. The number of nitrogens with one attached hydrogen (secondary N) is 1. The predicted octanol–water partition coefficient (Wildman–Crippen LogP) is 3.55. The molecule has 2 aliphatic rings. The smallest absolute Gasteiger partial charge is 0.0623 e. The van der Waals surface area contributed by atoms with Gasteiger partial charge >= 0.3 is 0 Å². The molecule has 2 aliphatic heterocycles. The second kappa shape index (κ2) is 6.73. The molecule has 2 heteroatoms. The highest BCUT2D eigenvalue weighted by atomic mass is 16.5. The molecule has 2 bridgehead atoms. The molecule has 0 aliphatic carbocycles. The van der Waals surface area contributed by atoms with Gasteiger partial charge in [0, 0.05) is 12.0 Å². The highest BCUT2D eigenvalue weighted by Crippen LogP contribution is 2.41. The third kappa shape index (κ3) is 3.24. The Balaban J connectivity index is 1.50. The van der Waals surface area contributed by atoms with E-state index in [0.29, 0.717) is 18.2 Å². The van der Waals surface area contributed by atoms with Crippen LogP contribution in [0.5, 0.6) is 0 Å². The Morgan fingerprint density at radius 2 is 2.10 bits per heavy atom. The lowest BCUT2D eigenvalue weighted by Crippen LogP contribution is -2.40. The van der Waals surface area contributed by atoms with Crippen LogP contribution in [0.15, 0.2) is 30.3 Å². The van der Waals surface area contributed by atoms with E-state index in [-0.39, 0.29) is 0 Å². The van der Waals surface area contributed by atoms with Gasteiger partial charge in [0.15, 0.2) is 0 Å². The van der Waals surface area contributed by atoms with Crippen LogP contribution in [0.25, 0.3) is 0 Å². The van der Waals surface area contributed by atoms with E-state index in [4.69, 9.17) is 4.74 Å². The molecule has 2 nitrogen and oxygen atoms in total. The minimum absolute atomic E-state index is 0.542. The van der Waals surface area contributed by atoms with E-state index in [0.717, 1.165) is 12.5 Å². The Labute approximate surface area is 122 Å². The normalized spacial score (nSPS) is 29.8. The standard InChI is InChI=1S/C18H27NO/c1-2-19-17(16-13-15-11-12-18(16)20-15)10-6-9-14-7-4-3-5-8-14/h3-5,7-8,15-19H,2,6,9-13H2,1H3. The van der Waals surface area contributed by atoms with E-state index in [9.17, 15) is 0 Å². The lowest BCUT2D eigenvalue weighted by molar-refractivity contribution is 0.0849. The van der Waals surface area contributed by atoms with Gasteiger partial charge in [-0.1, -0.05) is 37.3 Å². The van der Waals surface area contributed by atoms with Gasteiger partial charge in [-0.3, -0.25) is 0 Å². The Hall–Kier alpha value is -0.860. The van der Waals surface area contributed by atoms with E-state index >= 15 is 0 Å². The molecule has 1 N–H and O–H groups in total. The van der Waals surface area contributed by atoms with Crippen LogP contribution in [-0.4, -0.2) is 24.8 Å². The van der Waals surface area contributed by atoms with E-state index in [1.165, 1.54) is 44.1 Å². The highest BCUT2D eigenvalue weighted by Gasteiger charge is 2.43. The summed E-state index contributed by atoms with van der Waals surface area (Å²) < 4.78 is 6.04. The van der Waals surface area contributed by atoms with E-state index in [1.54, 1.807) is 0 Å². The Bertz CT molecular complexity index is 405. The molecular formula is C18H27NO. The van der Waals surface area contributed by atoms with Crippen molar-refractivity contribution in [2.24, 2.45) is 5.92 Å². The van der Waals surface area contributed by atoms with Crippen LogP contribution in [0.3, 0.4) is 0 Å². The average Bonchev–Trinajstić information content (AvgIpc) is 3.10. The Morgan fingerprint density at radius 1 is 1.25 bits per heavy atom. The molecule has 3 rings (SSSR count). The molecule has 2 saturated heterocycles. The van der Waals surface area contributed by atoms with E-state index in [1.807, 2.05) is 0 Å². The van der Waals surface area contributed by atoms with Crippen molar-refractivity contribution in [3.8, 4) is 0 Å². The van der Waals surface area contributed by atoms with Gasteiger partial charge < -0.3 is 10.1 Å². The van der Waals surface area contributed by atoms with Crippen molar-refractivity contribution in [2.75, 3.05) is 6.54 Å². The molecule has 4 atom stereocenters. The summed E-state index contributed by atoms with van der Waals surface area (Å²) in [4.78, 5) is 0. The van der Waals surface area contributed by atoms with Crippen molar-refractivity contribution >= 4 is 0 Å². The first-order valence-electron chi connectivity index (χ1n) is 8.29. The monoisotopic (exact) mass is 273 g/mol. The number of ether oxygens (including phenoxy) is 1. The number of aryl methyl sites for hydroxylation is 1. The van der Waals surface area contributed by atoms with Crippen LogP contribution in [0, 0.1) is 5.92 Å². The zero-order valence-electron chi connectivity index (χ0n) is 12.6. The van der Waals surface area contributed by atoms with Gasteiger partial charge in [0.1, 0.15) is 0 Å². The minimum Gasteiger partial charge on any atom is -0.375 e. The van der Waals surface area contributed by atoms with Crippen molar-refractivity contribution in [2.45, 2.75) is 63.7 Å². The zero-order valence-corrected chi connectivity index (χ0v) is 12.6. The summed E-state index contributed by atoms with van der Waals surface area (Å²) in [5, 5.41) is 3.72. The summed E-state index contributed by atoms with van der Waals surface area (Å²) in [5.41, 5.74) is 1.46. The molecule has 0 spiro atoms. The largest absolute Gasteiger partial charge is 0.375 e. The van der Waals surface area contributed by atoms with Gasteiger partial charge in [-0.05, 0) is 50.6 Å². The lowest BCUT2D eigenvalue weighted by Gasteiger charge is -2.29. The first kappa shape index (κ1) is 14.1. The first-order valence-corrected chi connectivity index (χ1v) is 8.29. The molecule has 0 radical (unpaired) electrons. The fourth-order valence-corrected chi connectivity index (χ4v) is 4.00. The van der Waals surface area contributed by atoms with Crippen molar-refractivity contribution in [1.82, 2.24) is 5.32 Å². The topological polar surface area (TPSA) is 21.3 Å². The van der Waals surface area contributed by atoms with E-state index in [2.05, 4.69) is 42.6 Å². The van der Waals surface area contributed by atoms with Crippen LogP contribution < -0.4 is 5.32 Å². The first-order chi connectivity index (χ1) is 9.86. The molecule has 110 valence electrons. The summed E-state index contributed by atoms with van der Waals surface area (Å²) >= 11 is 0. The third-order valence-corrected chi connectivity index (χ3v) is 4.96. The van der Waals surface area contributed by atoms with Gasteiger partial charge in [0.05, 0.1) is 12.2 Å². The number of hydrogen-bond donors (Lipinski definition) is 1. The quantitative estimate of drug-likeness (QED) is 0.820. The highest BCUT2D eigenvalue weighted by molar-refractivity contribution is 5.14. The molecule has 1 aromatic carbocycles. The Morgan fingerprint density at radius 3 is 2.75 bits per heavy atom. The van der Waals surface area contributed by atoms with Gasteiger partial charge in [0.2, 0.25) is 0 Å². The molecule has 2 fully saturated rings. The molecule has 2 heterocycles. The molecule has 1 aromatic rings. The minimum atomic E-state index is 0.542. The second-order valence-corrected chi connectivity index (χ2v) is 6.32. The maximum Gasteiger partial charge on any atom is 0.0623 e. The van der Waals surface area contributed by atoms with Crippen molar-refractivity contribution in [3.05, 3.63) is 35.9 Å². The summed E-state index contributed by atoms with van der Waals surface area (Å²) in [7, 11) is 0. The van der Waals surface area contributed by atoms with E-state index < -0.39 is 0 Å². The molecule has 0 saturated carbocycles. The van der Waals surface area contributed by atoms with Crippen LogP contribution in [0.1, 0.15) is 44.6 Å². The SMILES string of the molecule is CCNC(CCCc1ccccc1)C1CC2CCC1O2. The fraction of sp³-hybridized carbons (Fsp3) is 0.667. The van der Waals surface area contributed by atoms with Crippen LogP contribution in [0.4, 0.5) is 0 Å². The number of fused-ring (bicyclic) bond motifs is 2. The number of benzene rings is 1. The second-order valence-electron chi connectivity index (χ2n) is 6.32. The van der Waals surface area contributed by atoms with Gasteiger partial charge in [-0.15, -0.1) is 0 Å². The Kier molecular flexibility index (Phi) is 4.74. The maximum absolute atomic E-state index is 6.04. The predicted molar refractivity (Wildman–Crippen MR) is 82.8 cm³/mol. The van der Waals surface area contributed by atoms with Gasteiger partial charge in [0.25, 0.3) is 0 Å². The van der Waals surface area contributed by atoms with Crippen molar-refractivity contribution in [1.29, 1.82) is 0 Å². The molecule has 20 heavy (non-hydrogen) atoms. The van der Waals surface area contributed by atoms with Crippen molar-refractivity contribution < 1.29 is 4.74 Å². The number of hydrogen-bond acceptors (Lipinski definition) is 2. The fourth-order valence-electron chi connectivity index (χ4n) is 4.00. The summed E-state index contributed by atoms with van der Waals surface area (Å²) in [6.07, 6.45) is 8.73. The van der Waals surface area contributed by atoms with Crippen LogP contribution >= 0.6 is 0 Å². The van der Waals surface area contributed by atoms with Gasteiger partial charge in [-0.2, -0.15) is 0 Å². The lowest BCUT2D eigenvalue weighted by atomic mass is 9.81. The molecule has 0 amide bonds. The number of rotatable bonds is 7. The molecule has 4 unspecified atom stereocenters. The summed E-state index contributed by atoms with van der Waals surface area (Å²) in [6.45, 7) is 3.29. The summed E-state index contributed by atoms with van der Waals surface area (Å²) in [6, 6.07) is 11.5. The van der Waals surface area contributed by atoms with Crippen LogP contribution in [-0.2, 0) is 11.2 Å². The maximum atomic E-state index is 6.04. The molecular weight excluding hydrogens is 246 g/mol. The van der Waals surface area contributed by atoms with Crippen molar-refractivity contribution in [3.63, 3.8) is 0 Å². The average molecular weight is 273 g/mol. The summed E-state index contributed by atoms with van der Waals surface area (Å²) in [5.74, 6) is 0.754.